The monoisotopic (exact) mass is 335 g/mol. The normalized spacial score (nSPS) is 17.8. The molecule has 1 unspecified atom stereocenters. The van der Waals surface area contributed by atoms with Crippen LogP contribution in [0.25, 0.3) is 6.08 Å². The summed E-state index contributed by atoms with van der Waals surface area (Å²) in [5, 5.41) is 0. The predicted molar refractivity (Wildman–Crippen MR) is 105 cm³/mol. The highest BCUT2D eigenvalue weighted by atomic mass is 16.5. The zero-order chi connectivity index (χ0) is 17.3. The highest BCUT2D eigenvalue weighted by Crippen LogP contribution is 2.23. The number of hydrogen-bond donors (Lipinski definition) is 0. The molecule has 1 aliphatic rings. The van der Waals surface area contributed by atoms with Crippen molar-refractivity contribution in [3.63, 3.8) is 0 Å². The van der Waals surface area contributed by atoms with Crippen LogP contribution in [-0.4, -0.2) is 30.7 Å². The summed E-state index contributed by atoms with van der Waals surface area (Å²) in [5.74, 6) is 0.678. The van der Waals surface area contributed by atoms with Crippen molar-refractivity contribution in [1.29, 1.82) is 0 Å². The molecule has 0 aliphatic carbocycles. The van der Waals surface area contributed by atoms with E-state index in [1.54, 1.807) is 0 Å². The molecule has 2 aromatic carbocycles. The van der Waals surface area contributed by atoms with Gasteiger partial charge in [-0.1, -0.05) is 72.8 Å². The first-order valence-electron chi connectivity index (χ1n) is 9.41. The highest BCUT2D eigenvalue weighted by Gasteiger charge is 2.24. The summed E-state index contributed by atoms with van der Waals surface area (Å²) >= 11 is 0. The fourth-order valence-corrected chi connectivity index (χ4v) is 3.51. The number of piperidine rings is 1. The topological polar surface area (TPSA) is 12.5 Å². The van der Waals surface area contributed by atoms with E-state index in [1.807, 2.05) is 6.07 Å². The van der Waals surface area contributed by atoms with Gasteiger partial charge in [-0.3, -0.25) is 4.90 Å². The van der Waals surface area contributed by atoms with Crippen LogP contribution in [-0.2, 0) is 11.3 Å². The van der Waals surface area contributed by atoms with Gasteiger partial charge in [-0.25, -0.2) is 0 Å². The molecule has 132 valence electrons. The Kier molecular flexibility index (Phi) is 6.84. The Morgan fingerprint density at radius 2 is 1.64 bits per heavy atom. The standard InChI is InChI=1S/C23H29NO/c1-20(25-18-8-13-21-9-4-2-5-10-21)23-14-16-24(17-15-23)19-22-11-6-3-7-12-22/h2-13,20,23H,14-19H2,1H3/b13-8-. The van der Waals surface area contributed by atoms with Gasteiger partial charge >= 0.3 is 0 Å². The molecule has 3 rings (SSSR count). The Bertz CT molecular complexity index is 630. The molecule has 0 N–H and O–H groups in total. The molecule has 2 aromatic rings. The van der Waals surface area contributed by atoms with Crippen molar-refractivity contribution < 1.29 is 4.74 Å². The third-order valence-corrected chi connectivity index (χ3v) is 5.11. The third kappa shape index (κ3) is 5.84. The number of ether oxygens (including phenoxy) is 1. The Morgan fingerprint density at radius 3 is 2.32 bits per heavy atom. The summed E-state index contributed by atoms with van der Waals surface area (Å²) < 4.78 is 6.05. The lowest BCUT2D eigenvalue weighted by Crippen LogP contribution is -2.37. The Balaban J connectivity index is 1.36. The lowest BCUT2D eigenvalue weighted by molar-refractivity contribution is 0.0149. The van der Waals surface area contributed by atoms with E-state index in [9.17, 15) is 0 Å². The zero-order valence-corrected chi connectivity index (χ0v) is 15.2. The van der Waals surface area contributed by atoms with Crippen LogP contribution in [0.2, 0.25) is 0 Å². The molecule has 0 radical (unpaired) electrons. The van der Waals surface area contributed by atoms with Crippen LogP contribution in [0, 0.1) is 5.92 Å². The Morgan fingerprint density at radius 1 is 1.00 bits per heavy atom. The lowest BCUT2D eigenvalue weighted by Gasteiger charge is -2.34. The van der Waals surface area contributed by atoms with E-state index in [0.717, 1.165) is 6.54 Å². The molecule has 25 heavy (non-hydrogen) atoms. The molecule has 1 atom stereocenters. The van der Waals surface area contributed by atoms with Crippen molar-refractivity contribution in [2.24, 2.45) is 5.92 Å². The molecule has 0 amide bonds. The molecule has 2 nitrogen and oxygen atoms in total. The molecular weight excluding hydrogens is 306 g/mol. The number of nitrogens with zero attached hydrogens (tertiary/aromatic N) is 1. The quantitative estimate of drug-likeness (QED) is 0.704. The van der Waals surface area contributed by atoms with Crippen molar-refractivity contribution in [3.05, 3.63) is 77.9 Å². The molecule has 0 aromatic heterocycles. The first-order chi connectivity index (χ1) is 12.3. The van der Waals surface area contributed by atoms with Crippen LogP contribution in [0.15, 0.2) is 66.7 Å². The number of rotatable bonds is 7. The van der Waals surface area contributed by atoms with Crippen LogP contribution < -0.4 is 0 Å². The molecule has 1 aliphatic heterocycles. The highest BCUT2D eigenvalue weighted by molar-refractivity contribution is 5.48. The summed E-state index contributed by atoms with van der Waals surface area (Å²) in [5.41, 5.74) is 2.64. The Labute approximate surface area is 152 Å². The average Bonchev–Trinajstić information content (AvgIpc) is 2.67. The molecule has 0 spiro atoms. The maximum atomic E-state index is 6.05. The van der Waals surface area contributed by atoms with Gasteiger partial charge < -0.3 is 4.74 Å². The minimum atomic E-state index is 0.333. The summed E-state index contributed by atoms with van der Waals surface area (Å²) in [6, 6.07) is 21.2. The van der Waals surface area contributed by atoms with Gasteiger partial charge in [-0.2, -0.15) is 0 Å². The summed E-state index contributed by atoms with van der Waals surface area (Å²) in [6.45, 7) is 6.34. The van der Waals surface area contributed by atoms with Gasteiger partial charge in [0.2, 0.25) is 0 Å². The second-order valence-corrected chi connectivity index (χ2v) is 6.95. The van der Waals surface area contributed by atoms with Gasteiger partial charge in [0, 0.05) is 6.54 Å². The zero-order valence-electron chi connectivity index (χ0n) is 15.2. The van der Waals surface area contributed by atoms with Gasteiger partial charge in [-0.05, 0) is 49.9 Å². The van der Waals surface area contributed by atoms with Crippen LogP contribution >= 0.6 is 0 Å². The lowest BCUT2D eigenvalue weighted by atomic mass is 9.92. The van der Waals surface area contributed by atoms with Crippen molar-refractivity contribution >= 4 is 6.08 Å². The summed E-state index contributed by atoms with van der Waals surface area (Å²) in [4.78, 5) is 2.56. The van der Waals surface area contributed by atoms with E-state index in [0.29, 0.717) is 18.6 Å². The minimum absolute atomic E-state index is 0.333. The van der Waals surface area contributed by atoms with Gasteiger partial charge in [0.05, 0.1) is 12.7 Å². The average molecular weight is 335 g/mol. The molecule has 0 saturated carbocycles. The van der Waals surface area contributed by atoms with Gasteiger partial charge in [-0.15, -0.1) is 0 Å². The number of benzene rings is 2. The first-order valence-corrected chi connectivity index (χ1v) is 9.41. The van der Waals surface area contributed by atoms with Crippen molar-refractivity contribution in [2.75, 3.05) is 19.7 Å². The molecule has 0 bridgehead atoms. The largest absolute Gasteiger partial charge is 0.374 e. The van der Waals surface area contributed by atoms with Crippen LogP contribution in [0.3, 0.4) is 0 Å². The van der Waals surface area contributed by atoms with E-state index in [4.69, 9.17) is 4.74 Å². The van der Waals surface area contributed by atoms with Crippen LogP contribution in [0.1, 0.15) is 30.9 Å². The fourth-order valence-electron chi connectivity index (χ4n) is 3.51. The smallest absolute Gasteiger partial charge is 0.0654 e. The SMILES string of the molecule is CC(OC/C=C\c1ccccc1)C1CCN(Cc2ccccc2)CC1. The van der Waals surface area contributed by atoms with Crippen LogP contribution in [0.5, 0.6) is 0 Å². The summed E-state index contributed by atoms with van der Waals surface area (Å²) in [7, 11) is 0. The first kappa shape index (κ1) is 17.9. The fraction of sp³-hybridized carbons (Fsp3) is 0.391. The minimum Gasteiger partial charge on any atom is -0.374 e. The van der Waals surface area contributed by atoms with Gasteiger partial charge in [0.1, 0.15) is 0 Å². The number of likely N-dealkylation sites (tertiary alicyclic amines) is 1. The second-order valence-electron chi connectivity index (χ2n) is 6.95. The predicted octanol–water partition coefficient (Wildman–Crippen LogP) is 5.02. The van der Waals surface area contributed by atoms with Crippen molar-refractivity contribution in [1.82, 2.24) is 4.90 Å². The van der Waals surface area contributed by atoms with Crippen molar-refractivity contribution in [3.8, 4) is 0 Å². The Hall–Kier alpha value is -1.90. The maximum Gasteiger partial charge on any atom is 0.0654 e. The van der Waals surface area contributed by atoms with E-state index >= 15 is 0 Å². The van der Waals surface area contributed by atoms with Crippen LogP contribution in [0.4, 0.5) is 0 Å². The maximum absolute atomic E-state index is 6.05. The molecular formula is C23H29NO. The summed E-state index contributed by atoms with van der Waals surface area (Å²) in [6.07, 6.45) is 7.05. The molecule has 1 fully saturated rings. The molecule has 2 heteroatoms. The van der Waals surface area contributed by atoms with E-state index < -0.39 is 0 Å². The molecule has 1 saturated heterocycles. The molecule has 1 heterocycles. The number of hydrogen-bond acceptors (Lipinski definition) is 2. The van der Waals surface area contributed by atoms with E-state index in [-0.39, 0.29) is 0 Å². The second kappa shape index (κ2) is 9.55. The van der Waals surface area contributed by atoms with Crippen molar-refractivity contribution in [2.45, 2.75) is 32.4 Å². The van der Waals surface area contributed by atoms with Gasteiger partial charge in [0.25, 0.3) is 0 Å². The van der Waals surface area contributed by atoms with E-state index in [1.165, 1.54) is 37.1 Å². The van der Waals surface area contributed by atoms with Gasteiger partial charge in [0.15, 0.2) is 0 Å². The van der Waals surface area contributed by atoms with E-state index in [2.05, 4.69) is 78.6 Å². The third-order valence-electron chi connectivity index (χ3n) is 5.11.